The van der Waals surface area contributed by atoms with Gasteiger partial charge in [0, 0.05) is 62.5 Å². The smallest absolute Gasteiger partial charge is 0.252 e. The lowest BCUT2D eigenvalue weighted by atomic mass is 10.1. The summed E-state index contributed by atoms with van der Waals surface area (Å²) in [6, 6.07) is 6.43. The maximum Gasteiger partial charge on any atom is 0.252 e. The topological polar surface area (TPSA) is 71.5 Å². The second-order valence-electron chi connectivity index (χ2n) is 7.30. The van der Waals surface area contributed by atoms with E-state index in [4.69, 9.17) is 5.41 Å². The average Bonchev–Trinajstić information content (AvgIpc) is 2.73. The minimum Gasteiger partial charge on any atom is -0.388 e. The van der Waals surface area contributed by atoms with Crippen LogP contribution in [0.25, 0.3) is 5.31 Å². The van der Waals surface area contributed by atoms with Gasteiger partial charge in [-0.2, -0.15) is 0 Å². The maximum atomic E-state index is 12.9. The standard InChI is InChI=1S/C21H26N5OP/c1-14-12-25(8-7-24-14)17-4-6-21-26(13-17)20(27)10-19(28-21)15-3-5-18(23-2)16(9-15)11-22/h3-6,9-11,13-14,21-24,28H,7-8,12H2,1-2H3/t14-,21?/m1/s1. The third-order valence-electron chi connectivity index (χ3n) is 5.37. The predicted octanol–water partition coefficient (Wildman–Crippen LogP) is 2.62. The lowest BCUT2D eigenvalue weighted by Gasteiger charge is -2.39. The van der Waals surface area contributed by atoms with Gasteiger partial charge in [0.25, 0.3) is 5.91 Å². The van der Waals surface area contributed by atoms with Crippen LogP contribution in [0.1, 0.15) is 18.1 Å². The van der Waals surface area contributed by atoms with E-state index in [0.29, 0.717) is 14.6 Å². The summed E-state index contributed by atoms with van der Waals surface area (Å²) in [7, 11) is 2.33. The molecule has 2 unspecified atom stereocenters. The number of rotatable bonds is 4. The van der Waals surface area contributed by atoms with Gasteiger partial charge in [0.15, 0.2) is 0 Å². The number of anilines is 1. The van der Waals surface area contributed by atoms with E-state index in [-0.39, 0.29) is 11.7 Å². The molecule has 1 fully saturated rings. The minimum atomic E-state index is 0.0258. The van der Waals surface area contributed by atoms with Crippen LogP contribution in [-0.2, 0) is 4.79 Å². The molecule has 28 heavy (non-hydrogen) atoms. The monoisotopic (exact) mass is 395 g/mol. The highest BCUT2D eigenvalue weighted by Gasteiger charge is 2.30. The zero-order valence-electron chi connectivity index (χ0n) is 16.2. The molecule has 3 atom stereocenters. The summed E-state index contributed by atoms with van der Waals surface area (Å²) in [6.45, 7) is 5.07. The van der Waals surface area contributed by atoms with E-state index in [1.54, 1.807) is 6.08 Å². The molecule has 0 saturated carbocycles. The Kier molecular flexibility index (Phi) is 5.33. The number of piperazine rings is 1. The summed E-state index contributed by atoms with van der Waals surface area (Å²) in [5.74, 6) is 0.0990. The first-order valence-corrected chi connectivity index (χ1v) is 10.7. The number of carbonyl (C=O) groups is 1. The normalized spacial score (nSPS) is 25.3. The molecule has 0 radical (unpaired) electrons. The van der Waals surface area contributed by atoms with Crippen molar-refractivity contribution in [2.24, 2.45) is 0 Å². The first-order chi connectivity index (χ1) is 13.6. The van der Waals surface area contributed by atoms with Crippen LogP contribution < -0.4 is 10.6 Å². The number of nitrogens with zero attached hydrogens (tertiary/aromatic N) is 2. The Morgan fingerprint density at radius 1 is 1.39 bits per heavy atom. The molecule has 7 heteroatoms. The molecule has 0 spiro atoms. The zero-order chi connectivity index (χ0) is 19.7. The molecule has 1 aromatic rings. The van der Waals surface area contributed by atoms with Crippen molar-refractivity contribution in [3.8, 4) is 0 Å². The van der Waals surface area contributed by atoms with Crippen LogP contribution in [0.2, 0.25) is 0 Å². The van der Waals surface area contributed by atoms with E-state index in [2.05, 4.69) is 34.6 Å². The molecule has 146 valence electrons. The fraction of sp³-hybridized carbons (Fsp3) is 0.333. The molecule has 1 amide bonds. The van der Waals surface area contributed by atoms with Gasteiger partial charge in [-0.3, -0.25) is 4.79 Å². The molecule has 0 aliphatic carbocycles. The van der Waals surface area contributed by atoms with Gasteiger partial charge in [-0.05, 0) is 36.0 Å². The Hall–Kier alpha value is -2.43. The molecule has 4 rings (SSSR count). The summed E-state index contributed by atoms with van der Waals surface area (Å²) in [4.78, 5) is 17.1. The number of allylic oxidation sites excluding steroid dienone is 1. The molecule has 3 aliphatic heterocycles. The number of fused-ring (bicyclic) bond motifs is 1. The van der Waals surface area contributed by atoms with Gasteiger partial charge >= 0.3 is 0 Å². The Morgan fingerprint density at radius 2 is 2.25 bits per heavy atom. The van der Waals surface area contributed by atoms with E-state index in [9.17, 15) is 4.79 Å². The van der Waals surface area contributed by atoms with Crippen molar-refractivity contribution in [2.75, 3.05) is 32.0 Å². The molecule has 3 aliphatic rings. The third kappa shape index (κ3) is 3.62. The van der Waals surface area contributed by atoms with Crippen molar-refractivity contribution in [1.29, 1.82) is 5.41 Å². The first-order valence-electron chi connectivity index (χ1n) is 9.60. The predicted molar refractivity (Wildman–Crippen MR) is 117 cm³/mol. The van der Waals surface area contributed by atoms with E-state index < -0.39 is 0 Å². The highest BCUT2D eigenvalue weighted by molar-refractivity contribution is 7.51. The fourth-order valence-electron chi connectivity index (χ4n) is 3.86. The molecule has 0 aromatic heterocycles. The van der Waals surface area contributed by atoms with Gasteiger partial charge in [0.2, 0.25) is 0 Å². The van der Waals surface area contributed by atoms with Crippen molar-refractivity contribution in [2.45, 2.75) is 18.7 Å². The van der Waals surface area contributed by atoms with Crippen molar-refractivity contribution >= 4 is 31.7 Å². The van der Waals surface area contributed by atoms with Crippen molar-refractivity contribution in [3.63, 3.8) is 0 Å². The van der Waals surface area contributed by atoms with Crippen molar-refractivity contribution in [3.05, 3.63) is 59.5 Å². The molecule has 6 nitrogen and oxygen atoms in total. The van der Waals surface area contributed by atoms with Crippen molar-refractivity contribution in [1.82, 2.24) is 15.1 Å². The van der Waals surface area contributed by atoms with Crippen LogP contribution in [-0.4, -0.2) is 60.4 Å². The Balaban J connectivity index is 1.57. The van der Waals surface area contributed by atoms with E-state index in [0.717, 1.165) is 47.5 Å². The second-order valence-corrected chi connectivity index (χ2v) is 8.72. The van der Waals surface area contributed by atoms with Crippen LogP contribution in [0.5, 0.6) is 0 Å². The van der Waals surface area contributed by atoms with Crippen LogP contribution in [0.4, 0.5) is 5.69 Å². The first kappa shape index (κ1) is 18.9. The second kappa shape index (κ2) is 7.90. The summed E-state index contributed by atoms with van der Waals surface area (Å²) in [5.41, 5.74) is 3.88. The zero-order valence-corrected chi connectivity index (χ0v) is 17.2. The Morgan fingerprint density at radius 3 is 3.00 bits per heavy atom. The molecular weight excluding hydrogens is 369 g/mol. The number of hydrogen-bond donors (Lipinski definition) is 3. The van der Waals surface area contributed by atoms with E-state index in [1.807, 2.05) is 36.3 Å². The summed E-state index contributed by atoms with van der Waals surface area (Å²) in [5, 5.41) is 15.2. The lowest BCUT2D eigenvalue weighted by Crippen LogP contribution is -2.49. The van der Waals surface area contributed by atoms with Gasteiger partial charge < -0.3 is 25.8 Å². The summed E-state index contributed by atoms with van der Waals surface area (Å²) < 4.78 is 0. The highest BCUT2D eigenvalue weighted by Crippen LogP contribution is 2.45. The van der Waals surface area contributed by atoms with Crippen LogP contribution >= 0.6 is 8.58 Å². The highest BCUT2D eigenvalue weighted by atomic mass is 31.1. The van der Waals surface area contributed by atoms with Gasteiger partial charge in [-0.25, -0.2) is 0 Å². The number of carbonyl (C=O) groups excluding carboxylic acids is 1. The third-order valence-corrected chi connectivity index (χ3v) is 6.88. The molecule has 3 N–H and O–H groups in total. The van der Waals surface area contributed by atoms with Gasteiger partial charge in [0.1, 0.15) is 0 Å². The fourth-order valence-corrected chi connectivity index (χ4v) is 5.24. The van der Waals surface area contributed by atoms with Crippen LogP contribution in [0.3, 0.4) is 0 Å². The molecule has 1 saturated heterocycles. The van der Waals surface area contributed by atoms with Crippen LogP contribution in [0, 0.1) is 5.41 Å². The van der Waals surface area contributed by atoms with E-state index >= 15 is 0 Å². The summed E-state index contributed by atoms with van der Waals surface area (Å²) in [6.07, 6.45) is 9.43. The molecular formula is C21H26N5OP. The number of nitrogens with one attached hydrogen (secondary N) is 3. The van der Waals surface area contributed by atoms with Crippen molar-refractivity contribution < 1.29 is 4.79 Å². The van der Waals surface area contributed by atoms with Gasteiger partial charge in [-0.1, -0.05) is 20.7 Å². The summed E-state index contributed by atoms with van der Waals surface area (Å²) >= 11 is 0. The average molecular weight is 395 g/mol. The SMILES string of the molecule is CNc1ccc(C2=CC(=O)N3C=C(N4CCN[C@H](C)C4)C=CC3P2)cc1C=N. The number of amides is 1. The van der Waals surface area contributed by atoms with Gasteiger partial charge in [0.05, 0.1) is 11.5 Å². The minimum absolute atomic E-state index is 0.0258. The van der Waals surface area contributed by atoms with Crippen LogP contribution in [0.15, 0.2) is 48.3 Å². The lowest BCUT2D eigenvalue weighted by molar-refractivity contribution is -0.123. The number of hydrogen-bond acceptors (Lipinski definition) is 5. The number of benzene rings is 1. The Bertz CT molecular complexity index is 891. The molecule has 3 heterocycles. The largest absolute Gasteiger partial charge is 0.388 e. The van der Waals surface area contributed by atoms with Gasteiger partial charge in [-0.15, -0.1) is 0 Å². The molecule has 1 aromatic carbocycles. The Labute approximate surface area is 167 Å². The van der Waals surface area contributed by atoms with E-state index in [1.165, 1.54) is 6.21 Å². The maximum absolute atomic E-state index is 12.9. The molecule has 0 bridgehead atoms. The quantitative estimate of drug-likeness (QED) is 0.541.